The molecule has 1 aromatic carbocycles. The van der Waals surface area contributed by atoms with E-state index in [2.05, 4.69) is 76.6 Å². The second-order valence-electron chi connectivity index (χ2n) is 8.42. The summed E-state index contributed by atoms with van der Waals surface area (Å²) >= 11 is 3.81. The molecule has 1 aliphatic rings. The van der Waals surface area contributed by atoms with E-state index in [0.717, 1.165) is 0 Å². The third-order valence-corrected chi connectivity index (χ3v) is 7.71. The van der Waals surface area contributed by atoms with Gasteiger partial charge < -0.3 is 0 Å². The molecular formula is C23H27BS2. The smallest absolute Gasteiger partial charge is 0.144 e. The molecule has 134 valence electrons. The molecule has 3 heterocycles. The Kier molecular flexibility index (Phi) is 4.65. The SMILES string of the molecule is CC(C)c1cc(C(C)C)c(B2c3ccsc3-c3sccc32)c(C(C)C)c1. The molecule has 0 radical (unpaired) electrons. The average molecular weight is 378 g/mol. The monoisotopic (exact) mass is 378 g/mol. The summed E-state index contributed by atoms with van der Waals surface area (Å²) in [4.78, 5) is 3.00. The summed E-state index contributed by atoms with van der Waals surface area (Å²) < 4.78 is 0. The first-order chi connectivity index (χ1) is 12.4. The van der Waals surface area contributed by atoms with E-state index in [4.69, 9.17) is 0 Å². The molecule has 0 atom stereocenters. The highest BCUT2D eigenvalue weighted by Crippen LogP contribution is 2.34. The van der Waals surface area contributed by atoms with E-state index < -0.39 is 0 Å². The van der Waals surface area contributed by atoms with E-state index in [9.17, 15) is 0 Å². The summed E-state index contributed by atoms with van der Waals surface area (Å²) in [5.74, 6) is 1.63. The van der Waals surface area contributed by atoms with Crippen molar-refractivity contribution < 1.29 is 0 Å². The van der Waals surface area contributed by atoms with Gasteiger partial charge in [-0.05, 0) is 56.1 Å². The van der Waals surface area contributed by atoms with Crippen LogP contribution in [0.25, 0.3) is 9.75 Å². The molecule has 26 heavy (non-hydrogen) atoms. The van der Waals surface area contributed by atoms with Gasteiger partial charge in [-0.15, -0.1) is 22.7 Å². The minimum atomic E-state index is 0.411. The highest BCUT2D eigenvalue weighted by atomic mass is 32.1. The van der Waals surface area contributed by atoms with E-state index in [-0.39, 0.29) is 0 Å². The fraction of sp³-hybridized carbons (Fsp3) is 0.391. The highest BCUT2D eigenvalue weighted by Gasteiger charge is 2.38. The molecule has 0 fully saturated rings. The number of rotatable bonds is 4. The van der Waals surface area contributed by atoms with Gasteiger partial charge in [0.2, 0.25) is 6.71 Å². The van der Waals surface area contributed by atoms with Crippen molar-refractivity contribution in [2.24, 2.45) is 0 Å². The Hall–Kier alpha value is -1.32. The third kappa shape index (κ3) is 2.71. The van der Waals surface area contributed by atoms with Crippen LogP contribution in [0.5, 0.6) is 0 Å². The molecule has 3 aromatic rings. The van der Waals surface area contributed by atoms with Crippen LogP contribution in [0.4, 0.5) is 0 Å². The van der Waals surface area contributed by atoms with E-state index in [1.54, 1.807) is 16.6 Å². The van der Waals surface area contributed by atoms with Crippen molar-refractivity contribution >= 4 is 45.8 Å². The Bertz CT molecular complexity index is 874. The Labute approximate surface area is 166 Å². The molecular weight excluding hydrogens is 351 g/mol. The molecule has 0 saturated heterocycles. The van der Waals surface area contributed by atoms with Crippen LogP contribution in [0.15, 0.2) is 35.0 Å². The molecule has 0 aliphatic carbocycles. The first-order valence-corrected chi connectivity index (χ1v) is 11.5. The maximum absolute atomic E-state index is 2.49. The van der Waals surface area contributed by atoms with Crippen LogP contribution >= 0.6 is 22.7 Å². The minimum Gasteiger partial charge on any atom is -0.144 e. The van der Waals surface area contributed by atoms with Gasteiger partial charge >= 0.3 is 0 Å². The molecule has 0 spiro atoms. The topological polar surface area (TPSA) is 0 Å². The van der Waals surface area contributed by atoms with E-state index in [0.29, 0.717) is 24.5 Å². The van der Waals surface area contributed by atoms with Gasteiger partial charge in [-0.3, -0.25) is 0 Å². The number of thiophene rings is 2. The predicted octanol–water partition coefficient (Wildman–Crippen LogP) is 5.68. The summed E-state index contributed by atoms with van der Waals surface area (Å²) in [6.45, 7) is 14.4. The van der Waals surface area contributed by atoms with Crippen molar-refractivity contribution in [2.75, 3.05) is 0 Å². The Morgan fingerprint density at radius 3 is 1.54 bits per heavy atom. The Morgan fingerprint density at radius 2 is 1.15 bits per heavy atom. The zero-order valence-electron chi connectivity index (χ0n) is 16.6. The van der Waals surface area contributed by atoms with Gasteiger partial charge in [-0.1, -0.05) is 71.3 Å². The largest absolute Gasteiger partial charge is 0.245 e. The van der Waals surface area contributed by atoms with E-state index >= 15 is 0 Å². The van der Waals surface area contributed by atoms with Crippen LogP contribution in [0.1, 0.15) is 76.0 Å². The molecule has 0 unspecified atom stereocenters. The number of benzene rings is 1. The van der Waals surface area contributed by atoms with Crippen molar-refractivity contribution in [3.63, 3.8) is 0 Å². The van der Waals surface area contributed by atoms with Crippen molar-refractivity contribution in [3.8, 4) is 9.75 Å². The summed E-state index contributed by atoms with van der Waals surface area (Å²) in [7, 11) is 0. The molecule has 0 nitrogen and oxygen atoms in total. The van der Waals surface area contributed by atoms with Crippen molar-refractivity contribution in [3.05, 3.63) is 51.7 Å². The fourth-order valence-electron chi connectivity index (χ4n) is 4.29. The average Bonchev–Trinajstić information content (AvgIpc) is 3.26. The zero-order valence-corrected chi connectivity index (χ0v) is 18.2. The van der Waals surface area contributed by atoms with Crippen LogP contribution in [0.2, 0.25) is 0 Å². The van der Waals surface area contributed by atoms with Gasteiger partial charge in [-0.25, -0.2) is 0 Å². The lowest BCUT2D eigenvalue weighted by molar-refractivity contribution is 0.812. The highest BCUT2D eigenvalue weighted by molar-refractivity contribution is 7.26. The van der Waals surface area contributed by atoms with Crippen molar-refractivity contribution in [1.82, 2.24) is 0 Å². The normalized spacial score (nSPS) is 13.2. The van der Waals surface area contributed by atoms with Crippen LogP contribution < -0.4 is 16.4 Å². The van der Waals surface area contributed by atoms with Gasteiger partial charge in [0.25, 0.3) is 0 Å². The Morgan fingerprint density at radius 1 is 0.692 bits per heavy atom. The minimum absolute atomic E-state index is 0.411. The van der Waals surface area contributed by atoms with Crippen LogP contribution in [-0.2, 0) is 0 Å². The molecule has 0 saturated carbocycles. The van der Waals surface area contributed by atoms with E-state index in [1.807, 2.05) is 22.7 Å². The van der Waals surface area contributed by atoms with Crippen LogP contribution in [0, 0.1) is 0 Å². The summed E-state index contributed by atoms with van der Waals surface area (Å²) in [6.07, 6.45) is 0. The summed E-state index contributed by atoms with van der Waals surface area (Å²) in [5.41, 5.74) is 9.20. The molecule has 4 rings (SSSR count). The van der Waals surface area contributed by atoms with Crippen LogP contribution in [-0.4, -0.2) is 6.71 Å². The molecule has 0 N–H and O–H groups in total. The van der Waals surface area contributed by atoms with Crippen molar-refractivity contribution in [2.45, 2.75) is 59.3 Å². The lowest BCUT2D eigenvalue weighted by atomic mass is 9.37. The number of hydrogen-bond acceptors (Lipinski definition) is 2. The maximum atomic E-state index is 2.49. The quantitative estimate of drug-likeness (QED) is 0.401. The fourth-order valence-corrected chi connectivity index (χ4v) is 6.37. The summed E-state index contributed by atoms with van der Waals surface area (Å²) in [6, 6.07) is 9.71. The van der Waals surface area contributed by atoms with Gasteiger partial charge in [0.15, 0.2) is 0 Å². The molecule has 1 aliphatic heterocycles. The van der Waals surface area contributed by atoms with Crippen LogP contribution in [0.3, 0.4) is 0 Å². The molecule has 2 aromatic heterocycles. The lowest BCUT2D eigenvalue weighted by Crippen LogP contribution is -2.51. The van der Waals surface area contributed by atoms with Gasteiger partial charge in [-0.2, -0.15) is 0 Å². The zero-order chi connectivity index (χ0) is 18.6. The van der Waals surface area contributed by atoms with Gasteiger partial charge in [0.05, 0.1) is 0 Å². The standard InChI is InChI=1S/C23H27BS2/c1-13(2)16-11-17(14(3)4)21(18(12-16)15(5)6)24-19-7-9-25-22(19)23-20(24)8-10-26-23/h7-15H,1-6H3. The second kappa shape index (κ2) is 6.69. The predicted molar refractivity (Wildman–Crippen MR) is 121 cm³/mol. The maximum Gasteiger partial charge on any atom is 0.245 e. The first-order valence-electron chi connectivity index (χ1n) is 9.72. The van der Waals surface area contributed by atoms with Gasteiger partial charge in [0, 0.05) is 9.75 Å². The summed E-state index contributed by atoms with van der Waals surface area (Å²) in [5, 5.41) is 4.54. The Balaban J connectivity index is 2.03. The molecule has 0 amide bonds. The second-order valence-corrected chi connectivity index (χ2v) is 10.3. The number of fused-ring (bicyclic) bond motifs is 3. The third-order valence-electron chi connectivity index (χ3n) is 5.69. The van der Waals surface area contributed by atoms with E-state index in [1.165, 1.54) is 26.2 Å². The van der Waals surface area contributed by atoms with Gasteiger partial charge in [0.1, 0.15) is 0 Å². The molecule has 3 heteroatoms. The number of hydrogen-bond donors (Lipinski definition) is 0. The first kappa shape index (κ1) is 18.1. The lowest BCUT2D eigenvalue weighted by Gasteiger charge is -2.26. The molecule has 0 bridgehead atoms. The van der Waals surface area contributed by atoms with Crippen molar-refractivity contribution in [1.29, 1.82) is 0 Å².